The van der Waals surface area contributed by atoms with E-state index in [0.717, 1.165) is 14.4 Å². The van der Waals surface area contributed by atoms with Gasteiger partial charge in [0.1, 0.15) is 5.75 Å². The van der Waals surface area contributed by atoms with Gasteiger partial charge in [0.15, 0.2) is 10.9 Å². The van der Waals surface area contributed by atoms with Crippen LogP contribution in [0.15, 0.2) is 27.0 Å². The summed E-state index contributed by atoms with van der Waals surface area (Å²) in [5.74, 6) is 0.405. The lowest BCUT2D eigenvalue weighted by molar-refractivity contribution is -0.118. The number of benzene rings is 1. The molecule has 1 heterocycles. The number of thioether (sulfide) groups is 1. The number of aryl methyl sites for hydroxylation is 1. The molecule has 1 amide bonds. The fraction of sp³-hybridized carbons (Fsp3) is 0.357. The van der Waals surface area contributed by atoms with Gasteiger partial charge in [0, 0.05) is 9.72 Å². The quantitative estimate of drug-likeness (QED) is 0.582. The van der Waals surface area contributed by atoms with Gasteiger partial charge in [-0.05, 0) is 30.7 Å². The number of carbonyl (C=O) groups is 1. The van der Waals surface area contributed by atoms with Gasteiger partial charge < -0.3 is 4.74 Å². The van der Waals surface area contributed by atoms with Gasteiger partial charge in [0.25, 0.3) is 5.91 Å². The second kappa shape index (κ2) is 7.94. The van der Waals surface area contributed by atoms with Crippen LogP contribution >= 0.6 is 39.0 Å². The maximum absolute atomic E-state index is 11.9. The van der Waals surface area contributed by atoms with Crippen LogP contribution in [-0.4, -0.2) is 28.0 Å². The Balaban J connectivity index is 1.84. The molecule has 0 spiro atoms. The lowest BCUT2D eigenvalue weighted by atomic mass is 10.2. The van der Waals surface area contributed by atoms with Crippen LogP contribution in [0.25, 0.3) is 0 Å². The minimum atomic E-state index is -0.252. The maximum Gasteiger partial charge on any atom is 0.264 e. The number of halogens is 1. The van der Waals surface area contributed by atoms with E-state index in [-0.39, 0.29) is 12.5 Å². The van der Waals surface area contributed by atoms with E-state index >= 15 is 0 Å². The summed E-state index contributed by atoms with van der Waals surface area (Å²) in [6, 6.07) is 5.58. The molecule has 0 atom stereocenters. The van der Waals surface area contributed by atoms with Crippen molar-refractivity contribution in [2.45, 2.75) is 30.4 Å². The molecule has 0 aliphatic carbocycles. The Morgan fingerprint density at radius 1 is 1.45 bits per heavy atom. The monoisotopic (exact) mass is 401 g/mol. The third-order valence-electron chi connectivity index (χ3n) is 2.49. The lowest BCUT2D eigenvalue weighted by Crippen LogP contribution is -2.20. The third kappa shape index (κ3) is 5.26. The molecule has 1 aromatic carbocycles. The van der Waals surface area contributed by atoms with Crippen molar-refractivity contribution in [1.82, 2.24) is 10.2 Å². The van der Waals surface area contributed by atoms with Gasteiger partial charge in [-0.15, -0.1) is 10.2 Å². The third-order valence-corrected chi connectivity index (χ3v) is 5.31. The highest BCUT2D eigenvalue weighted by Crippen LogP contribution is 2.28. The Morgan fingerprint density at radius 3 is 2.91 bits per heavy atom. The fourth-order valence-corrected chi connectivity index (χ4v) is 3.76. The summed E-state index contributed by atoms with van der Waals surface area (Å²) < 4.78 is 7.32. The van der Waals surface area contributed by atoms with Gasteiger partial charge >= 0.3 is 0 Å². The highest BCUT2D eigenvalue weighted by atomic mass is 79.9. The summed E-state index contributed by atoms with van der Waals surface area (Å²) in [4.78, 5) is 11.9. The topological polar surface area (TPSA) is 64.1 Å². The van der Waals surface area contributed by atoms with Crippen LogP contribution < -0.4 is 10.1 Å². The number of nitrogens with one attached hydrogen (secondary N) is 1. The number of hydrogen-bond donors (Lipinski definition) is 1. The van der Waals surface area contributed by atoms with Crippen LogP contribution in [-0.2, 0) is 4.79 Å². The molecule has 2 rings (SSSR count). The number of amides is 1. The van der Waals surface area contributed by atoms with E-state index in [4.69, 9.17) is 4.74 Å². The summed E-state index contributed by atoms with van der Waals surface area (Å²) >= 11 is 6.40. The van der Waals surface area contributed by atoms with Gasteiger partial charge in [-0.1, -0.05) is 52.9 Å². The number of anilines is 1. The standard InChI is InChI=1S/C14H16BrN3O2S2/c1-8(2)21-14-18-17-13(22-14)16-12(19)7-20-10-4-5-11(15)9(3)6-10/h4-6,8H,7H2,1-3H3,(H,16,17,19). The largest absolute Gasteiger partial charge is 0.484 e. The first-order chi connectivity index (χ1) is 10.4. The molecule has 8 heteroatoms. The first-order valence-electron chi connectivity index (χ1n) is 6.63. The first-order valence-corrected chi connectivity index (χ1v) is 9.12. The van der Waals surface area contributed by atoms with E-state index in [1.54, 1.807) is 11.8 Å². The molecule has 5 nitrogen and oxygen atoms in total. The van der Waals surface area contributed by atoms with E-state index in [0.29, 0.717) is 16.1 Å². The van der Waals surface area contributed by atoms with Crippen LogP contribution in [0.1, 0.15) is 19.4 Å². The van der Waals surface area contributed by atoms with Crippen LogP contribution in [0.2, 0.25) is 0 Å². The highest BCUT2D eigenvalue weighted by Gasteiger charge is 2.10. The molecular weight excluding hydrogens is 386 g/mol. The van der Waals surface area contributed by atoms with E-state index in [1.807, 2.05) is 25.1 Å². The minimum absolute atomic E-state index is 0.0622. The lowest BCUT2D eigenvalue weighted by Gasteiger charge is -2.07. The molecule has 0 fully saturated rings. The summed E-state index contributed by atoms with van der Waals surface area (Å²) in [7, 11) is 0. The number of carbonyl (C=O) groups excluding carboxylic acids is 1. The average molecular weight is 402 g/mol. The van der Waals surface area contributed by atoms with Crippen LogP contribution in [0.3, 0.4) is 0 Å². The predicted molar refractivity (Wildman–Crippen MR) is 93.9 cm³/mol. The van der Waals surface area contributed by atoms with Gasteiger partial charge in [-0.25, -0.2) is 0 Å². The molecule has 0 bridgehead atoms. The Labute approximate surface area is 146 Å². The smallest absolute Gasteiger partial charge is 0.264 e. The molecule has 1 aromatic heterocycles. The number of ether oxygens (including phenoxy) is 1. The number of nitrogens with zero attached hydrogens (tertiary/aromatic N) is 2. The molecular formula is C14H16BrN3O2S2. The van der Waals surface area contributed by atoms with Crippen molar-refractivity contribution in [2.75, 3.05) is 11.9 Å². The second-order valence-electron chi connectivity index (χ2n) is 4.79. The molecule has 22 heavy (non-hydrogen) atoms. The van der Waals surface area contributed by atoms with Gasteiger partial charge in [0.2, 0.25) is 5.13 Å². The van der Waals surface area contributed by atoms with Gasteiger partial charge in [-0.2, -0.15) is 0 Å². The fourth-order valence-electron chi connectivity index (χ4n) is 1.52. The summed E-state index contributed by atoms with van der Waals surface area (Å²) in [5, 5.41) is 11.6. The molecule has 1 N–H and O–H groups in total. The minimum Gasteiger partial charge on any atom is -0.484 e. The zero-order valence-electron chi connectivity index (χ0n) is 12.4. The normalized spacial score (nSPS) is 10.8. The molecule has 118 valence electrons. The van der Waals surface area contributed by atoms with Crippen molar-refractivity contribution in [3.8, 4) is 5.75 Å². The van der Waals surface area contributed by atoms with Crippen LogP contribution in [0.4, 0.5) is 5.13 Å². The Bertz CT molecular complexity index is 661. The maximum atomic E-state index is 11.9. The summed E-state index contributed by atoms with van der Waals surface area (Å²) in [6.07, 6.45) is 0. The molecule has 0 radical (unpaired) electrons. The second-order valence-corrected chi connectivity index (χ2v) is 8.44. The van der Waals surface area contributed by atoms with Gasteiger partial charge in [-0.3, -0.25) is 10.1 Å². The Kier molecular flexibility index (Phi) is 6.22. The van der Waals surface area contributed by atoms with Crippen LogP contribution in [0, 0.1) is 6.92 Å². The number of rotatable bonds is 6. The molecule has 0 aliphatic rings. The van der Waals surface area contributed by atoms with Crippen molar-refractivity contribution in [1.29, 1.82) is 0 Å². The van der Waals surface area contributed by atoms with E-state index in [1.165, 1.54) is 11.3 Å². The highest BCUT2D eigenvalue weighted by molar-refractivity contribution is 9.10. The van der Waals surface area contributed by atoms with Crippen molar-refractivity contribution in [3.63, 3.8) is 0 Å². The molecule has 2 aromatic rings. The average Bonchev–Trinajstić information content (AvgIpc) is 2.86. The SMILES string of the molecule is Cc1cc(OCC(=O)Nc2nnc(SC(C)C)s2)ccc1Br. The van der Waals surface area contributed by atoms with Crippen molar-refractivity contribution >= 4 is 50.1 Å². The van der Waals surface area contributed by atoms with Crippen molar-refractivity contribution in [3.05, 3.63) is 28.2 Å². The Hall–Kier alpha value is -1.12. The van der Waals surface area contributed by atoms with Crippen LogP contribution in [0.5, 0.6) is 5.75 Å². The molecule has 0 aliphatic heterocycles. The molecule has 0 saturated heterocycles. The van der Waals surface area contributed by atoms with E-state index < -0.39 is 0 Å². The number of hydrogen-bond acceptors (Lipinski definition) is 6. The zero-order valence-corrected chi connectivity index (χ0v) is 15.6. The molecule has 0 saturated carbocycles. The zero-order chi connectivity index (χ0) is 16.1. The Morgan fingerprint density at radius 2 is 2.23 bits per heavy atom. The van der Waals surface area contributed by atoms with E-state index in [2.05, 4.69) is 45.3 Å². The van der Waals surface area contributed by atoms with Crippen molar-refractivity contribution in [2.24, 2.45) is 0 Å². The molecule has 0 unspecified atom stereocenters. The number of aromatic nitrogens is 2. The van der Waals surface area contributed by atoms with E-state index in [9.17, 15) is 4.79 Å². The summed E-state index contributed by atoms with van der Waals surface area (Å²) in [5.41, 5.74) is 1.05. The van der Waals surface area contributed by atoms with Crippen molar-refractivity contribution < 1.29 is 9.53 Å². The first kappa shape index (κ1) is 17.2. The van der Waals surface area contributed by atoms with Gasteiger partial charge in [0.05, 0.1) is 0 Å². The predicted octanol–water partition coefficient (Wildman–Crippen LogP) is 4.13. The summed E-state index contributed by atoms with van der Waals surface area (Å²) in [6.45, 7) is 6.07.